The molecule has 1 aromatic rings. The lowest BCUT2D eigenvalue weighted by Crippen LogP contribution is -2.48. The number of rotatable bonds is 3. The van der Waals surface area contributed by atoms with Crippen LogP contribution in [0.1, 0.15) is 27.6 Å². The number of amidine groups is 1. The lowest BCUT2D eigenvalue weighted by Gasteiger charge is -2.21. The van der Waals surface area contributed by atoms with Gasteiger partial charge in [-0.15, -0.1) is 0 Å². The molecule has 2 aliphatic rings. The summed E-state index contributed by atoms with van der Waals surface area (Å²) in [5, 5.41) is 2.34. The molecule has 1 aromatic carbocycles. The second-order valence-corrected chi connectivity index (χ2v) is 6.58. The number of thioether (sulfide) groups is 1. The largest absolute Gasteiger partial charge is 0.466 e. The van der Waals surface area contributed by atoms with Crippen molar-refractivity contribution in [3.8, 4) is 0 Å². The number of nitrogens with zero attached hydrogens (tertiary/aromatic N) is 2. The highest BCUT2D eigenvalue weighted by atomic mass is 32.2. The molecule has 0 bridgehead atoms. The quantitative estimate of drug-likeness (QED) is 0.454. The third-order valence-electron chi connectivity index (χ3n) is 3.89. The molecule has 9 nitrogen and oxygen atoms in total. The van der Waals surface area contributed by atoms with E-state index in [1.807, 2.05) is 0 Å². The molecule has 3 rings (SSSR count). The molecule has 0 saturated heterocycles. The number of nitrogens with one attached hydrogen (secondary N) is 1. The van der Waals surface area contributed by atoms with Crippen LogP contribution in [0.15, 0.2) is 40.2 Å². The Morgan fingerprint density at radius 1 is 1.19 bits per heavy atom. The van der Waals surface area contributed by atoms with E-state index in [4.69, 9.17) is 0 Å². The first kappa shape index (κ1) is 18.5. The summed E-state index contributed by atoms with van der Waals surface area (Å²) in [6.07, 6.45) is 0.962. The highest BCUT2D eigenvalue weighted by Gasteiger charge is 2.41. The van der Waals surface area contributed by atoms with Crippen molar-refractivity contribution in [2.24, 2.45) is 4.99 Å². The smallest absolute Gasteiger partial charge is 0.331 e. The van der Waals surface area contributed by atoms with Crippen LogP contribution < -0.4 is 5.32 Å². The average molecular weight is 387 g/mol. The Kier molecular flexibility index (Phi) is 4.91. The molecule has 27 heavy (non-hydrogen) atoms. The Labute approximate surface area is 157 Å². The minimum Gasteiger partial charge on any atom is -0.466 e. The predicted molar refractivity (Wildman–Crippen MR) is 94.7 cm³/mol. The van der Waals surface area contributed by atoms with Crippen LogP contribution in [-0.4, -0.2) is 52.8 Å². The maximum absolute atomic E-state index is 12.4. The molecule has 2 aliphatic heterocycles. The van der Waals surface area contributed by atoms with E-state index in [0.717, 1.165) is 29.8 Å². The predicted octanol–water partition coefficient (Wildman–Crippen LogP) is 0.474. The first-order valence-corrected chi connectivity index (χ1v) is 8.53. The normalized spacial score (nSPS) is 18.4. The molecule has 1 atom stereocenters. The summed E-state index contributed by atoms with van der Waals surface area (Å²) in [7, 11) is 1.16. The lowest BCUT2D eigenvalue weighted by atomic mass is 10.1. The van der Waals surface area contributed by atoms with E-state index < -0.39 is 35.6 Å². The fourth-order valence-corrected chi connectivity index (χ4v) is 3.29. The molecule has 0 fully saturated rings. The average Bonchev–Trinajstić information content (AvgIpc) is 3.11. The van der Waals surface area contributed by atoms with Gasteiger partial charge in [-0.3, -0.25) is 24.1 Å². The van der Waals surface area contributed by atoms with E-state index in [1.54, 1.807) is 12.1 Å². The van der Waals surface area contributed by atoms with E-state index >= 15 is 0 Å². The van der Waals surface area contributed by atoms with Gasteiger partial charge in [-0.2, -0.15) is 4.99 Å². The standard InChI is InChI=1S/C17H13N3O6S/c1-8(20-15(24)9-5-3-4-6-10(9)16(20)25)13(22)18-17-19-14(23)11(27-17)7-12(21)26-2/h3-8H,1-2H3,(H,18,19,22,23)/b11-7-/t8-/m1/s1. The number of amides is 4. The minimum atomic E-state index is -1.12. The fraction of sp³-hybridized carbons (Fsp3) is 0.176. The molecule has 138 valence electrons. The minimum absolute atomic E-state index is 0.00877. The van der Waals surface area contributed by atoms with Crippen LogP contribution in [0, 0.1) is 0 Å². The molecule has 0 aliphatic carbocycles. The highest BCUT2D eigenvalue weighted by molar-refractivity contribution is 8.18. The molecule has 4 amide bonds. The third-order valence-corrected chi connectivity index (χ3v) is 4.79. The van der Waals surface area contributed by atoms with Crippen molar-refractivity contribution >= 4 is 46.5 Å². The van der Waals surface area contributed by atoms with Gasteiger partial charge in [-0.1, -0.05) is 12.1 Å². The van der Waals surface area contributed by atoms with Gasteiger partial charge in [0.25, 0.3) is 17.7 Å². The van der Waals surface area contributed by atoms with Crippen molar-refractivity contribution in [1.82, 2.24) is 10.2 Å². The first-order valence-electron chi connectivity index (χ1n) is 7.71. The van der Waals surface area contributed by atoms with Crippen LogP contribution in [0.5, 0.6) is 0 Å². The van der Waals surface area contributed by atoms with E-state index in [0.29, 0.717) is 0 Å². The zero-order chi connectivity index (χ0) is 19.7. The van der Waals surface area contributed by atoms with Crippen LogP contribution in [0.2, 0.25) is 0 Å². The van der Waals surface area contributed by atoms with Crippen LogP contribution in [0.25, 0.3) is 0 Å². The van der Waals surface area contributed by atoms with Crippen LogP contribution in [0.4, 0.5) is 0 Å². The van der Waals surface area contributed by atoms with E-state index in [2.05, 4.69) is 15.0 Å². The van der Waals surface area contributed by atoms with Gasteiger partial charge >= 0.3 is 5.97 Å². The molecule has 0 aromatic heterocycles. The summed E-state index contributed by atoms with van der Waals surface area (Å²) < 4.78 is 4.44. The maximum atomic E-state index is 12.4. The number of ether oxygens (including phenoxy) is 1. The topological polar surface area (TPSA) is 122 Å². The number of carbonyl (C=O) groups is 5. The Balaban J connectivity index is 1.71. The van der Waals surface area contributed by atoms with E-state index in [1.165, 1.54) is 19.1 Å². The summed E-state index contributed by atoms with van der Waals surface area (Å²) in [6.45, 7) is 1.39. The monoisotopic (exact) mass is 387 g/mol. The number of fused-ring (bicyclic) bond motifs is 1. The van der Waals surface area contributed by atoms with Gasteiger partial charge < -0.3 is 10.1 Å². The second kappa shape index (κ2) is 7.16. The molecular formula is C17H13N3O6S. The molecular weight excluding hydrogens is 374 g/mol. The SMILES string of the molecule is COC(=O)/C=C1\SC(NC(=O)[C@@H](C)N2C(=O)c3ccccc3C2=O)=NC1=O. The Hall–Kier alpha value is -3.27. The van der Waals surface area contributed by atoms with Crippen molar-refractivity contribution in [2.75, 3.05) is 7.11 Å². The molecule has 10 heteroatoms. The fourth-order valence-electron chi connectivity index (χ4n) is 2.52. The van der Waals surface area contributed by atoms with Gasteiger partial charge in [0.1, 0.15) is 6.04 Å². The molecule has 0 radical (unpaired) electrons. The molecule has 2 heterocycles. The van der Waals surface area contributed by atoms with Gasteiger partial charge in [0.15, 0.2) is 5.17 Å². The van der Waals surface area contributed by atoms with Gasteiger partial charge in [-0.05, 0) is 30.8 Å². The van der Waals surface area contributed by atoms with Crippen LogP contribution >= 0.6 is 11.8 Å². The van der Waals surface area contributed by atoms with Crippen LogP contribution in [-0.2, 0) is 19.1 Å². The summed E-state index contributed by atoms with van der Waals surface area (Å²) in [4.78, 5) is 64.7. The summed E-state index contributed by atoms with van der Waals surface area (Å²) in [5.74, 6) is -3.26. The van der Waals surface area contributed by atoms with Gasteiger partial charge in [0, 0.05) is 6.08 Å². The molecule has 0 spiro atoms. The van der Waals surface area contributed by atoms with Gasteiger partial charge in [0.2, 0.25) is 5.91 Å². The third kappa shape index (κ3) is 3.38. The van der Waals surface area contributed by atoms with E-state index in [-0.39, 0.29) is 21.2 Å². The zero-order valence-corrected chi connectivity index (χ0v) is 15.0. The number of methoxy groups -OCH3 is 1. The highest BCUT2D eigenvalue weighted by Crippen LogP contribution is 2.27. The van der Waals surface area contributed by atoms with Crippen molar-refractivity contribution in [1.29, 1.82) is 0 Å². The van der Waals surface area contributed by atoms with Gasteiger partial charge in [0.05, 0.1) is 23.1 Å². The van der Waals surface area contributed by atoms with Crippen molar-refractivity contribution in [2.45, 2.75) is 13.0 Å². The number of esters is 1. The maximum Gasteiger partial charge on any atom is 0.331 e. The second-order valence-electron chi connectivity index (χ2n) is 5.55. The van der Waals surface area contributed by atoms with Crippen molar-refractivity contribution in [3.63, 3.8) is 0 Å². The molecule has 1 N–H and O–H groups in total. The number of carbonyl (C=O) groups excluding carboxylic acids is 5. The number of hydrogen-bond donors (Lipinski definition) is 1. The Bertz CT molecular complexity index is 917. The van der Waals surface area contributed by atoms with Crippen molar-refractivity contribution in [3.05, 3.63) is 46.4 Å². The summed E-state index contributed by atoms with van der Waals surface area (Å²) >= 11 is 0.780. The van der Waals surface area contributed by atoms with Gasteiger partial charge in [-0.25, -0.2) is 4.79 Å². The lowest BCUT2D eigenvalue weighted by molar-refractivity contribution is -0.135. The summed E-state index contributed by atoms with van der Waals surface area (Å²) in [6, 6.07) is 5.16. The van der Waals surface area contributed by atoms with Crippen molar-refractivity contribution < 1.29 is 28.7 Å². The van der Waals surface area contributed by atoms with E-state index in [9.17, 15) is 24.0 Å². The number of benzene rings is 1. The number of imide groups is 1. The molecule has 0 saturated carbocycles. The Morgan fingerprint density at radius 3 is 2.33 bits per heavy atom. The summed E-state index contributed by atoms with van der Waals surface area (Å²) in [5.41, 5.74) is 0.460. The first-order chi connectivity index (χ1) is 12.8. The Morgan fingerprint density at radius 2 is 1.78 bits per heavy atom. The van der Waals surface area contributed by atoms with Crippen LogP contribution in [0.3, 0.4) is 0 Å². The zero-order valence-electron chi connectivity index (χ0n) is 14.2. The number of aliphatic imine (C=N–C) groups is 1. The molecule has 0 unspecified atom stereocenters. The number of hydrogen-bond acceptors (Lipinski definition) is 7.